The fourth-order valence-electron chi connectivity index (χ4n) is 10.6. The number of alkyl halides is 1. The number of anilines is 3. The molecule has 5 saturated heterocycles. The third kappa shape index (κ3) is 7.94. The zero-order chi connectivity index (χ0) is 48.6. The molecule has 0 bridgehead atoms. The summed E-state index contributed by atoms with van der Waals surface area (Å²) >= 11 is 0. The van der Waals surface area contributed by atoms with Crippen molar-refractivity contribution in [1.82, 2.24) is 38.9 Å². The number of ether oxygens (including phenoxy) is 1. The number of aromatic nitrogens is 4. The van der Waals surface area contributed by atoms with Crippen LogP contribution in [0.5, 0.6) is 11.5 Å². The predicted octanol–water partition coefficient (Wildman–Crippen LogP) is 3.12. The molecule has 6 aliphatic rings. The van der Waals surface area contributed by atoms with Gasteiger partial charge in [0.2, 0.25) is 17.8 Å². The van der Waals surface area contributed by atoms with Gasteiger partial charge in [-0.1, -0.05) is 6.07 Å². The average Bonchev–Trinajstić information content (AvgIpc) is 3.88. The zero-order valence-corrected chi connectivity index (χ0v) is 38.2. The first kappa shape index (κ1) is 45.0. The predicted molar refractivity (Wildman–Crippen MR) is 247 cm³/mol. The largest absolute Gasteiger partial charge is 0.453 e. The summed E-state index contributed by atoms with van der Waals surface area (Å²) < 4.78 is 65.0. The minimum Gasteiger partial charge on any atom is -0.453 e. The maximum absolute atomic E-state index is 15.2. The Morgan fingerprint density at radius 2 is 1.67 bits per heavy atom. The quantitative estimate of drug-likeness (QED) is 0.181. The highest BCUT2D eigenvalue weighted by Crippen LogP contribution is 2.43. The maximum Gasteiger partial charge on any atom is 0.301 e. The van der Waals surface area contributed by atoms with Crippen molar-refractivity contribution in [3.8, 4) is 23.3 Å². The molecule has 0 radical (unpaired) electrons. The first-order valence-electron chi connectivity index (χ1n) is 22.9. The Hall–Kier alpha value is -7.42. The van der Waals surface area contributed by atoms with Crippen LogP contribution in [0.15, 0.2) is 72.0 Å². The van der Waals surface area contributed by atoms with Gasteiger partial charge in [-0.25, -0.2) is 23.7 Å². The lowest BCUT2D eigenvalue weighted by atomic mass is 9.72. The van der Waals surface area contributed by atoms with Crippen molar-refractivity contribution in [1.29, 1.82) is 5.26 Å². The van der Waals surface area contributed by atoms with Crippen LogP contribution >= 0.6 is 0 Å². The number of nitrogens with one attached hydrogen (secondary N) is 2. The molecular weight excluding hydrogens is 931 g/mol. The van der Waals surface area contributed by atoms with Crippen molar-refractivity contribution in [2.75, 3.05) is 73.4 Å². The van der Waals surface area contributed by atoms with Gasteiger partial charge in [-0.05, 0) is 74.1 Å². The maximum atomic E-state index is 15.2. The lowest BCUT2D eigenvalue weighted by molar-refractivity contribution is -0.136. The summed E-state index contributed by atoms with van der Waals surface area (Å²) in [5.41, 5.74) is 0.877. The van der Waals surface area contributed by atoms with Gasteiger partial charge in [0.15, 0.2) is 11.6 Å². The molecule has 2 aromatic heterocycles. The van der Waals surface area contributed by atoms with Gasteiger partial charge in [0.25, 0.3) is 17.4 Å². The normalized spacial score (nSPS) is 21.7. The van der Waals surface area contributed by atoms with Crippen LogP contribution in [0.4, 0.5) is 26.1 Å². The highest BCUT2D eigenvalue weighted by atomic mass is 32.2. The molecule has 4 amide bonds. The number of nitriles is 1. The van der Waals surface area contributed by atoms with E-state index in [1.807, 2.05) is 6.07 Å². The number of hydrogen-bond donors (Lipinski definition) is 2. The van der Waals surface area contributed by atoms with Crippen molar-refractivity contribution in [2.24, 2.45) is 11.3 Å². The number of carbonyl (C=O) groups excluding carboxylic acids is 4. The first-order chi connectivity index (χ1) is 33.7. The fraction of sp³-hybridized carbons (Fsp3) is 0.383. The van der Waals surface area contributed by atoms with Crippen molar-refractivity contribution < 1.29 is 41.1 Å². The van der Waals surface area contributed by atoms with Gasteiger partial charge in [-0.2, -0.15) is 18.0 Å². The molecule has 1 unspecified atom stereocenters. The molecule has 70 heavy (non-hydrogen) atoms. The van der Waals surface area contributed by atoms with Crippen molar-refractivity contribution in [2.45, 2.75) is 44.3 Å². The number of imide groups is 2. The summed E-state index contributed by atoms with van der Waals surface area (Å²) in [4.78, 5) is 86.4. The van der Waals surface area contributed by atoms with E-state index in [4.69, 9.17) is 4.74 Å². The van der Waals surface area contributed by atoms with Gasteiger partial charge < -0.3 is 19.4 Å². The number of likely N-dealkylation sites (tertiary alicyclic amines) is 1. The number of carbonyl (C=O) groups is 4. The van der Waals surface area contributed by atoms with E-state index in [0.29, 0.717) is 34.3 Å². The molecule has 2 atom stereocenters. The van der Waals surface area contributed by atoms with E-state index >= 15 is 4.39 Å². The molecular formula is C47H44F2N12O8S. The number of benzene rings is 3. The Kier molecular flexibility index (Phi) is 11.1. The van der Waals surface area contributed by atoms with E-state index in [9.17, 15) is 42.0 Å². The van der Waals surface area contributed by atoms with Crippen LogP contribution < -0.4 is 30.1 Å². The Bertz CT molecular complexity index is 3240. The van der Waals surface area contributed by atoms with Crippen LogP contribution in [0.2, 0.25) is 0 Å². The summed E-state index contributed by atoms with van der Waals surface area (Å²) in [6.07, 6.45) is 5.12. The lowest BCUT2D eigenvalue weighted by Gasteiger charge is -2.61. The number of halogens is 2. The molecule has 5 fully saturated rings. The summed E-state index contributed by atoms with van der Waals surface area (Å²) in [7, 11) is -4.26. The van der Waals surface area contributed by atoms with Crippen LogP contribution in [-0.2, 0) is 19.8 Å². The molecule has 6 aliphatic heterocycles. The van der Waals surface area contributed by atoms with Crippen LogP contribution in [-0.4, -0.2) is 137 Å². The minimum atomic E-state index is -4.26. The molecule has 8 heterocycles. The topological polar surface area (TPSA) is 236 Å². The number of fused-ring (bicyclic) bond motifs is 2. The molecule has 2 N–H and O–H groups in total. The van der Waals surface area contributed by atoms with Crippen molar-refractivity contribution in [3.63, 3.8) is 0 Å². The Labute approximate surface area is 398 Å². The van der Waals surface area contributed by atoms with Gasteiger partial charge in [-0.3, -0.25) is 43.5 Å². The molecule has 0 saturated carbocycles. The van der Waals surface area contributed by atoms with Crippen LogP contribution in [0.3, 0.4) is 0 Å². The summed E-state index contributed by atoms with van der Waals surface area (Å²) in [5, 5.41) is 12.3. The van der Waals surface area contributed by atoms with E-state index in [-0.39, 0.29) is 60.2 Å². The van der Waals surface area contributed by atoms with Gasteiger partial charge in [-0.15, -0.1) is 0 Å². The monoisotopic (exact) mass is 974 g/mol. The highest BCUT2D eigenvalue weighted by Gasteiger charge is 2.53. The molecule has 1 spiro atoms. The number of nitrogens with zero attached hydrogens (tertiary/aromatic N) is 10. The van der Waals surface area contributed by atoms with E-state index in [0.717, 1.165) is 80.0 Å². The zero-order valence-electron chi connectivity index (χ0n) is 37.4. The Balaban J connectivity index is 0.687. The van der Waals surface area contributed by atoms with Gasteiger partial charge in [0.1, 0.15) is 35.9 Å². The van der Waals surface area contributed by atoms with Gasteiger partial charge >= 0.3 is 10.2 Å². The Morgan fingerprint density at radius 1 is 0.900 bits per heavy atom. The smallest absolute Gasteiger partial charge is 0.301 e. The molecule has 20 nitrogen and oxygen atoms in total. The van der Waals surface area contributed by atoms with Crippen molar-refractivity contribution >= 4 is 62.1 Å². The molecule has 5 aromatic rings. The molecule has 23 heteroatoms. The molecule has 11 rings (SSSR count). The van der Waals surface area contributed by atoms with E-state index in [2.05, 4.69) is 39.7 Å². The van der Waals surface area contributed by atoms with Crippen LogP contribution in [0, 0.1) is 28.5 Å². The van der Waals surface area contributed by atoms with Crippen LogP contribution in [0.1, 0.15) is 58.4 Å². The summed E-state index contributed by atoms with van der Waals surface area (Å²) in [5.74, 6) is -2.63. The number of rotatable bonds is 11. The SMILES string of the molecule is N#Cc1c(NS(=O)(=O)N2CC[C@@H](F)C2)ccc(F)c1Oc1ccc2ncn(-c3cnc(N4CC5(CN(CC6CCN(c7cccc8c7C(=O)N(C7CCC(=O)NC7=O)C8=O)CC6)C5)C4)nc3)c(=O)c2c1. The van der Waals surface area contributed by atoms with Gasteiger partial charge in [0, 0.05) is 70.7 Å². The third-order valence-electron chi connectivity index (χ3n) is 14.1. The number of piperidine rings is 2. The number of hydrogen-bond acceptors (Lipinski definition) is 15. The Morgan fingerprint density at radius 3 is 2.39 bits per heavy atom. The standard InChI is InChI=1S/C47H44F2N12O8S/c48-28-12-15-59(21-28)70(67,68)55-36-7-5-34(49)41(33(36)17-50)69-30-4-6-35-32(16-30)43(64)60(26-53-35)29-18-51-46(52-19-29)58-24-47(25-58)22-56(23-47)20-27-10-13-57(14-11-27)37-3-1-2-31-40(37)45(66)61(44(31)65)38-8-9-39(62)54-42(38)63/h1-7,16,18-19,26-28,38,55H,8-15,20-25H2,(H,54,62,63)/t28-,38?/m1/s1. The lowest BCUT2D eigenvalue weighted by Crippen LogP contribution is -2.72. The van der Waals surface area contributed by atoms with E-state index in [1.165, 1.54) is 41.5 Å². The highest BCUT2D eigenvalue weighted by molar-refractivity contribution is 7.90. The van der Waals surface area contributed by atoms with Gasteiger partial charge in [0.05, 0.1) is 51.5 Å². The summed E-state index contributed by atoms with van der Waals surface area (Å²) in [6.45, 7) is 5.45. The first-order valence-corrected chi connectivity index (χ1v) is 24.3. The number of amides is 4. The third-order valence-corrected chi connectivity index (χ3v) is 15.6. The minimum absolute atomic E-state index is 0.0235. The van der Waals surface area contributed by atoms with Crippen LogP contribution in [0.25, 0.3) is 16.6 Å². The molecule has 3 aromatic carbocycles. The summed E-state index contributed by atoms with van der Waals surface area (Å²) in [6, 6.07) is 12.3. The second-order valence-electron chi connectivity index (χ2n) is 18.8. The second kappa shape index (κ2) is 17.2. The average molecular weight is 975 g/mol. The van der Waals surface area contributed by atoms with E-state index < -0.39 is 68.7 Å². The molecule has 360 valence electrons. The second-order valence-corrected chi connectivity index (χ2v) is 20.5. The van der Waals surface area contributed by atoms with E-state index in [1.54, 1.807) is 18.2 Å². The fourth-order valence-corrected chi connectivity index (χ4v) is 11.9. The molecule has 0 aliphatic carbocycles. The van der Waals surface area contributed by atoms with Crippen molar-refractivity contribution in [3.05, 3.63) is 100 Å².